The van der Waals surface area contributed by atoms with Crippen molar-refractivity contribution in [3.8, 4) is 5.75 Å². The van der Waals surface area contributed by atoms with E-state index < -0.39 is 0 Å². The Morgan fingerprint density at radius 3 is 2.54 bits per heavy atom. The van der Waals surface area contributed by atoms with E-state index >= 15 is 0 Å². The summed E-state index contributed by atoms with van der Waals surface area (Å²) in [7, 11) is 1.61. The molecular formula is C20H19BrFNO3. The van der Waals surface area contributed by atoms with Gasteiger partial charge in [0.1, 0.15) is 17.9 Å². The quantitative estimate of drug-likeness (QED) is 0.299. The summed E-state index contributed by atoms with van der Waals surface area (Å²) in [6.07, 6.45) is 2.49. The van der Waals surface area contributed by atoms with Crippen molar-refractivity contribution in [2.45, 2.75) is 20.0 Å². The van der Waals surface area contributed by atoms with Crippen LogP contribution in [0.5, 0.6) is 5.75 Å². The molecule has 0 saturated carbocycles. The highest BCUT2D eigenvalue weighted by atomic mass is 79.9. The van der Waals surface area contributed by atoms with E-state index in [0.29, 0.717) is 18.8 Å². The van der Waals surface area contributed by atoms with Crippen LogP contribution in [0.25, 0.3) is 10.9 Å². The van der Waals surface area contributed by atoms with Crippen molar-refractivity contribution in [2.75, 3.05) is 13.7 Å². The molecule has 1 heterocycles. The fourth-order valence-corrected chi connectivity index (χ4v) is 3.36. The van der Waals surface area contributed by atoms with Crippen molar-refractivity contribution in [1.82, 2.24) is 4.98 Å². The number of hydrogen-bond acceptors (Lipinski definition) is 4. The Hall–Kier alpha value is -2.02. The van der Waals surface area contributed by atoms with Crippen molar-refractivity contribution in [3.63, 3.8) is 0 Å². The van der Waals surface area contributed by atoms with Crippen LogP contribution >= 0.6 is 15.9 Å². The highest BCUT2D eigenvalue weighted by Gasteiger charge is 2.14. The molecule has 0 aliphatic carbocycles. The lowest BCUT2D eigenvalue weighted by Crippen LogP contribution is -2.00. The summed E-state index contributed by atoms with van der Waals surface area (Å²) in [4.78, 5) is 14.7. The molecule has 0 spiro atoms. The van der Waals surface area contributed by atoms with Gasteiger partial charge in [-0.05, 0) is 48.7 Å². The predicted molar refractivity (Wildman–Crippen MR) is 102 cm³/mol. The molecule has 3 aromatic rings. The minimum absolute atomic E-state index is 0.236. The maximum atomic E-state index is 13.1. The molecule has 0 aliphatic rings. The Kier molecular flexibility index (Phi) is 6.19. The van der Waals surface area contributed by atoms with Crippen molar-refractivity contribution < 1.29 is 18.9 Å². The van der Waals surface area contributed by atoms with Crippen LogP contribution in [0.2, 0.25) is 0 Å². The minimum Gasteiger partial charge on any atom is -0.494 e. The summed E-state index contributed by atoms with van der Waals surface area (Å²) < 4.78 is 19.5. The molecule has 4 nitrogen and oxygen atoms in total. The maximum absolute atomic E-state index is 13.1. The van der Waals surface area contributed by atoms with Crippen LogP contribution in [0.1, 0.15) is 23.6 Å². The van der Waals surface area contributed by atoms with Gasteiger partial charge in [0, 0.05) is 21.6 Å². The fraction of sp³-hybridized carbons (Fsp3) is 0.250. The molecule has 0 radical (unpaired) electrons. The lowest BCUT2D eigenvalue weighted by molar-refractivity contribution is -0.300. The van der Waals surface area contributed by atoms with Gasteiger partial charge in [-0.15, -0.1) is 0 Å². The van der Waals surface area contributed by atoms with E-state index in [4.69, 9.17) is 14.5 Å². The molecular weight excluding hydrogens is 401 g/mol. The Morgan fingerprint density at radius 2 is 1.85 bits per heavy atom. The van der Waals surface area contributed by atoms with Crippen LogP contribution in [0.3, 0.4) is 0 Å². The normalized spacial score (nSPS) is 11.1. The van der Waals surface area contributed by atoms with Gasteiger partial charge < -0.3 is 4.74 Å². The van der Waals surface area contributed by atoms with Crippen molar-refractivity contribution in [3.05, 3.63) is 69.6 Å². The Labute approximate surface area is 160 Å². The van der Waals surface area contributed by atoms with Crippen LogP contribution < -0.4 is 4.74 Å². The molecule has 1 aromatic heterocycles. The molecule has 0 saturated heterocycles. The molecule has 0 atom stereocenters. The first-order valence-corrected chi connectivity index (χ1v) is 9.04. The lowest BCUT2D eigenvalue weighted by atomic mass is 10.0. The van der Waals surface area contributed by atoms with E-state index in [9.17, 15) is 4.39 Å². The van der Waals surface area contributed by atoms with E-state index in [-0.39, 0.29) is 12.4 Å². The molecule has 0 N–H and O–H groups in total. The second-order valence-electron chi connectivity index (χ2n) is 5.76. The zero-order chi connectivity index (χ0) is 18.5. The van der Waals surface area contributed by atoms with E-state index in [2.05, 4.69) is 27.0 Å². The number of fused-ring (bicyclic) bond motifs is 1. The third kappa shape index (κ3) is 4.20. The molecule has 3 rings (SSSR count). The average molecular weight is 420 g/mol. The van der Waals surface area contributed by atoms with Gasteiger partial charge in [-0.1, -0.05) is 28.1 Å². The predicted octanol–water partition coefficient (Wildman–Crippen LogP) is 5.20. The van der Waals surface area contributed by atoms with Gasteiger partial charge in [-0.3, -0.25) is 4.98 Å². The van der Waals surface area contributed by atoms with Gasteiger partial charge >= 0.3 is 0 Å². The Bertz CT molecular complexity index is 900. The van der Waals surface area contributed by atoms with Crippen LogP contribution in [0.4, 0.5) is 4.39 Å². The third-order valence-corrected chi connectivity index (χ3v) is 4.61. The monoisotopic (exact) mass is 419 g/mol. The minimum atomic E-state index is -0.236. The van der Waals surface area contributed by atoms with E-state index in [1.165, 1.54) is 12.1 Å². The number of ether oxygens (including phenoxy) is 1. The standard InChI is InChI=1S/C20H19BrFNO3/c1-3-25-26-12-15-10-18(21)17-9-14(11-23-19(17)20(15)24-2)8-13-4-6-16(22)7-5-13/h4-7,9-11H,3,8,12H2,1-2H3. The number of methoxy groups -OCH3 is 1. The highest BCUT2D eigenvalue weighted by Crippen LogP contribution is 2.35. The topological polar surface area (TPSA) is 40.6 Å². The number of rotatable bonds is 7. The molecule has 0 amide bonds. The zero-order valence-corrected chi connectivity index (χ0v) is 16.2. The smallest absolute Gasteiger partial charge is 0.150 e. The first kappa shape index (κ1) is 18.8. The second-order valence-corrected chi connectivity index (χ2v) is 6.62. The van der Waals surface area contributed by atoms with E-state index in [1.807, 2.05) is 19.2 Å². The molecule has 26 heavy (non-hydrogen) atoms. The summed E-state index contributed by atoms with van der Waals surface area (Å²) in [6.45, 7) is 2.60. The lowest BCUT2D eigenvalue weighted by Gasteiger charge is -2.13. The molecule has 0 aliphatic heterocycles. The van der Waals surface area contributed by atoms with Crippen molar-refractivity contribution >= 4 is 26.8 Å². The van der Waals surface area contributed by atoms with Crippen LogP contribution in [-0.4, -0.2) is 18.7 Å². The third-order valence-electron chi connectivity index (χ3n) is 3.95. The van der Waals surface area contributed by atoms with Gasteiger partial charge in [-0.25, -0.2) is 14.2 Å². The Balaban J connectivity index is 1.95. The largest absolute Gasteiger partial charge is 0.494 e. The number of hydrogen-bond donors (Lipinski definition) is 0. The molecule has 6 heteroatoms. The van der Waals surface area contributed by atoms with Gasteiger partial charge in [-0.2, -0.15) is 0 Å². The Morgan fingerprint density at radius 1 is 1.08 bits per heavy atom. The molecule has 0 unspecified atom stereocenters. The number of benzene rings is 2. The first-order valence-electron chi connectivity index (χ1n) is 8.25. The summed E-state index contributed by atoms with van der Waals surface area (Å²) in [5, 5.41) is 0.946. The SMILES string of the molecule is CCOOCc1cc(Br)c2cc(Cc3ccc(F)cc3)cnc2c1OC. The highest BCUT2D eigenvalue weighted by molar-refractivity contribution is 9.10. The zero-order valence-electron chi connectivity index (χ0n) is 14.6. The maximum Gasteiger partial charge on any atom is 0.150 e. The number of aromatic nitrogens is 1. The average Bonchev–Trinajstić information content (AvgIpc) is 2.64. The number of halogens is 2. The number of pyridine rings is 1. The van der Waals surface area contributed by atoms with E-state index in [0.717, 1.165) is 32.1 Å². The second kappa shape index (κ2) is 8.58. The van der Waals surface area contributed by atoms with Gasteiger partial charge in [0.25, 0.3) is 0 Å². The van der Waals surface area contributed by atoms with Crippen LogP contribution in [0, 0.1) is 5.82 Å². The molecule has 0 bridgehead atoms. The van der Waals surface area contributed by atoms with Crippen molar-refractivity contribution in [1.29, 1.82) is 0 Å². The summed E-state index contributed by atoms with van der Waals surface area (Å²) in [5.41, 5.74) is 3.65. The molecule has 0 fully saturated rings. The summed E-state index contributed by atoms with van der Waals surface area (Å²) >= 11 is 3.61. The van der Waals surface area contributed by atoms with Gasteiger partial charge in [0.2, 0.25) is 0 Å². The fourth-order valence-electron chi connectivity index (χ4n) is 2.78. The van der Waals surface area contributed by atoms with Crippen LogP contribution in [0.15, 0.2) is 47.1 Å². The number of nitrogens with zero attached hydrogens (tertiary/aromatic N) is 1. The van der Waals surface area contributed by atoms with E-state index in [1.54, 1.807) is 19.2 Å². The molecule has 136 valence electrons. The van der Waals surface area contributed by atoms with Crippen molar-refractivity contribution in [2.24, 2.45) is 0 Å². The first-order chi connectivity index (χ1) is 12.6. The van der Waals surface area contributed by atoms with Gasteiger partial charge in [0.15, 0.2) is 5.75 Å². The van der Waals surface area contributed by atoms with Gasteiger partial charge in [0.05, 0.1) is 13.7 Å². The summed E-state index contributed by atoms with van der Waals surface area (Å²) in [6, 6.07) is 10.5. The van der Waals surface area contributed by atoms with Crippen LogP contribution in [-0.2, 0) is 22.8 Å². The summed E-state index contributed by atoms with van der Waals surface area (Å²) in [5.74, 6) is 0.427. The molecule has 2 aromatic carbocycles.